The Morgan fingerprint density at radius 1 is 1.18 bits per heavy atom. The van der Waals surface area contributed by atoms with E-state index in [0.29, 0.717) is 19.4 Å². The number of aliphatic hydroxyl groups excluding tert-OH is 2. The topological polar surface area (TPSA) is 109 Å². The quantitative estimate of drug-likeness (QED) is 0.301. The number of ether oxygens (including phenoxy) is 2. The first kappa shape index (κ1) is 28.9. The van der Waals surface area contributed by atoms with Gasteiger partial charge < -0.3 is 19.7 Å². The van der Waals surface area contributed by atoms with Crippen molar-refractivity contribution in [1.82, 2.24) is 4.98 Å². The zero-order valence-electron chi connectivity index (χ0n) is 23.1. The number of nitrogens with zero attached hydrogens (tertiary/aromatic N) is 1. The number of esters is 1. The minimum atomic E-state index is -1.25. The zero-order chi connectivity index (χ0) is 27.6. The maximum Gasteiger partial charge on any atom is 0.309 e. The third-order valence-electron chi connectivity index (χ3n) is 8.15. The van der Waals surface area contributed by atoms with Crippen LogP contribution in [0.25, 0.3) is 10.2 Å². The molecule has 3 heterocycles. The van der Waals surface area contributed by atoms with E-state index in [1.165, 1.54) is 5.57 Å². The second-order valence-corrected chi connectivity index (χ2v) is 12.9. The van der Waals surface area contributed by atoms with Crippen LogP contribution in [0.5, 0.6) is 0 Å². The third kappa shape index (κ3) is 6.89. The molecule has 7 nitrogen and oxygen atoms in total. The molecule has 1 aromatic heterocycles. The van der Waals surface area contributed by atoms with Crippen LogP contribution in [0.2, 0.25) is 0 Å². The van der Waals surface area contributed by atoms with Crippen molar-refractivity contribution in [2.24, 2.45) is 17.3 Å². The molecule has 4 rings (SSSR count). The number of cyclic esters (lactones) is 1. The average molecular weight is 544 g/mol. The minimum absolute atomic E-state index is 0.0425. The van der Waals surface area contributed by atoms with E-state index in [0.717, 1.165) is 40.1 Å². The molecular weight excluding hydrogens is 502 g/mol. The highest BCUT2D eigenvalue weighted by Gasteiger charge is 2.46. The van der Waals surface area contributed by atoms with Crippen LogP contribution in [0, 0.1) is 24.2 Å². The zero-order valence-corrected chi connectivity index (χ0v) is 23.9. The Morgan fingerprint density at radius 3 is 2.63 bits per heavy atom. The fourth-order valence-electron chi connectivity index (χ4n) is 5.34. The first-order valence-electron chi connectivity index (χ1n) is 13.7. The fraction of sp³-hybridized carbons (Fsp3) is 0.633. The molecule has 1 fully saturated rings. The van der Waals surface area contributed by atoms with Crippen molar-refractivity contribution in [3.8, 4) is 0 Å². The highest BCUT2D eigenvalue weighted by molar-refractivity contribution is 7.18. The molecule has 0 bridgehead atoms. The number of carbonyl (C=O) groups is 2. The molecule has 0 saturated carbocycles. The highest BCUT2D eigenvalue weighted by atomic mass is 32.1. The van der Waals surface area contributed by atoms with Crippen LogP contribution >= 0.6 is 11.3 Å². The Bertz CT molecular complexity index is 1180. The van der Waals surface area contributed by atoms with Crippen LogP contribution in [0.4, 0.5) is 0 Å². The van der Waals surface area contributed by atoms with E-state index in [4.69, 9.17) is 9.47 Å². The van der Waals surface area contributed by atoms with E-state index in [2.05, 4.69) is 18.0 Å². The predicted octanol–water partition coefficient (Wildman–Crippen LogP) is 5.46. The van der Waals surface area contributed by atoms with Gasteiger partial charge in [0.25, 0.3) is 0 Å². The third-order valence-corrected chi connectivity index (χ3v) is 9.11. The van der Waals surface area contributed by atoms with Crippen molar-refractivity contribution in [3.63, 3.8) is 0 Å². The van der Waals surface area contributed by atoms with Gasteiger partial charge in [-0.1, -0.05) is 38.5 Å². The summed E-state index contributed by atoms with van der Waals surface area (Å²) in [6.07, 6.45) is 2.59. The first-order valence-corrected chi connectivity index (χ1v) is 14.5. The van der Waals surface area contributed by atoms with E-state index in [9.17, 15) is 19.8 Å². The fourth-order valence-corrected chi connectivity index (χ4v) is 6.15. The van der Waals surface area contributed by atoms with Gasteiger partial charge in [0.05, 0.1) is 52.0 Å². The minimum Gasteiger partial charge on any atom is -0.457 e. The van der Waals surface area contributed by atoms with Crippen LogP contribution in [0.3, 0.4) is 0 Å². The number of benzene rings is 1. The van der Waals surface area contributed by atoms with E-state index >= 15 is 0 Å². The summed E-state index contributed by atoms with van der Waals surface area (Å²) < 4.78 is 12.4. The summed E-state index contributed by atoms with van der Waals surface area (Å²) in [5, 5.41) is 23.3. The summed E-state index contributed by atoms with van der Waals surface area (Å²) in [6.45, 7) is 9.90. The number of ketones is 1. The molecule has 0 amide bonds. The van der Waals surface area contributed by atoms with Crippen LogP contribution in [0.1, 0.15) is 82.9 Å². The number of fused-ring (bicyclic) bond motifs is 1. The standard InChI is InChI=1S/C30H41NO6S/c1-17-7-6-8-18(2)28(34)22(14-21-16-36-21)29(35)30(4,5)26(32)15-27(33)37-24(11-9-17)20-10-12-25-23(13-20)31-19(3)38-25/h9-10,12-13,18,21-22,24,26,28,32,34H,6-8,11,14-16H2,1-5H3/b17-9-/t18-,21?,22+,24?,26-,28-/m0/s1. The van der Waals surface area contributed by atoms with Gasteiger partial charge in [0.2, 0.25) is 0 Å². The Kier molecular flexibility index (Phi) is 9.07. The second kappa shape index (κ2) is 11.9. The summed E-state index contributed by atoms with van der Waals surface area (Å²) in [5.41, 5.74) is 1.68. The lowest BCUT2D eigenvalue weighted by molar-refractivity contribution is -0.156. The van der Waals surface area contributed by atoms with Gasteiger partial charge in [0.15, 0.2) is 0 Å². The van der Waals surface area contributed by atoms with Gasteiger partial charge in [-0.2, -0.15) is 0 Å². The van der Waals surface area contributed by atoms with Crippen molar-refractivity contribution in [2.75, 3.05) is 6.61 Å². The van der Waals surface area contributed by atoms with Crippen molar-refractivity contribution in [2.45, 2.75) is 97.6 Å². The molecule has 38 heavy (non-hydrogen) atoms. The van der Waals surface area contributed by atoms with Crippen molar-refractivity contribution in [3.05, 3.63) is 40.4 Å². The first-order chi connectivity index (χ1) is 18.0. The van der Waals surface area contributed by atoms with Crippen molar-refractivity contribution < 1.29 is 29.3 Å². The molecule has 208 valence electrons. The van der Waals surface area contributed by atoms with Gasteiger partial charge in [-0.05, 0) is 63.1 Å². The molecule has 0 radical (unpaired) electrons. The largest absolute Gasteiger partial charge is 0.457 e. The predicted molar refractivity (Wildman–Crippen MR) is 148 cm³/mol. The number of epoxide rings is 1. The number of thiazole rings is 1. The molecule has 1 saturated heterocycles. The lowest BCUT2D eigenvalue weighted by Crippen LogP contribution is -2.47. The molecule has 6 atom stereocenters. The number of Topliss-reactive ketones (excluding diaryl/α,β-unsaturated/α-hetero) is 1. The highest BCUT2D eigenvalue weighted by Crippen LogP contribution is 2.37. The van der Waals surface area contributed by atoms with Gasteiger partial charge in [-0.15, -0.1) is 11.3 Å². The second-order valence-electron chi connectivity index (χ2n) is 11.7. The summed E-state index contributed by atoms with van der Waals surface area (Å²) in [7, 11) is 0. The summed E-state index contributed by atoms with van der Waals surface area (Å²) in [5.74, 6) is -1.55. The molecule has 2 unspecified atom stereocenters. The van der Waals surface area contributed by atoms with Gasteiger partial charge in [-0.25, -0.2) is 4.98 Å². The smallest absolute Gasteiger partial charge is 0.309 e. The molecule has 1 aromatic carbocycles. The van der Waals surface area contributed by atoms with Crippen molar-refractivity contribution in [1.29, 1.82) is 0 Å². The maximum absolute atomic E-state index is 13.7. The van der Waals surface area contributed by atoms with Crippen LogP contribution < -0.4 is 0 Å². The van der Waals surface area contributed by atoms with E-state index in [1.54, 1.807) is 25.2 Å². The van der Waals surface area contributed by atoms with Crippen LogP contribution in [-0.4, -0.2) is 51.9 Å². The number of aryl methyl sites for hydroxylation is 1. The Labute approximate surface area is 229 Å². The number of allylic oxidation sites excluding steroid dienone is 1. The lowest BCUT2D eigenvalue weighted by atomic mass is 9.71. The lowest BCUT2D eigenvalue weighted by Gasteiger charge is -2.36. The van der Waals surface area contributed by atoms with E-state index in [-0.39, 0.29) is 24.2 Å². The molecule has 8 heteroatoms. The molecule has 2 aliphatic heterocycles. The number of hydrogen-bond acceptors (Lipinski definition) is 8. The summed E-state index contributed by atoms with van der Waals surface area (Å²) in [4.78, 5) is 31.4. The molecule has 2 aliphatic rings. The van der Waals surface area contributed by atoms with Gasteiger partial charge in [0, 0.05) is 12.3 Å². The Balaban J connectivity index is 1.61. The monoisotopic (exact) mass is 543 g/mol. The van der Waals surface area contributed by atoms with E-state index in [1.807, 2.05) is 32.0 Å². The molecule has 2 aromatic rings. The number of carbonyl (C=O) groups excluding carboxylic acids is 2. The number of hydrogen-bond donors (Lipinski definition) is 2. The normalized spacial score (nSPS) is 33.0. The molecule has 0 spiro atoms. The number of aliphatic hydroxyl groups is 2. The van der Waals surface area contributed by atoms with E-state index < -0.39 is 35.6 Å². The SMILES string of the molecule is C/C1=C/CC(c2ccc3sc(C)nc3c2)OC(=O)C[C@H](O)C(C)(C)C(=O)[C@H](CC2CO2)[C@@H](O)[C@@H](C)CCC1. The number of rotatable bonds is 3. The van der Waals surface area contributed by atoms with Gasteiger partial charge in [-0.3, -0.25) is 9.59 Å². The van der Waals surface area contributed by atoms with Gasteiger partial charge >= 0.3 is 5.97 Å². The number of aromatic nitrogens is 1. The maximum atomic E-state index is 13.7. The van der Waals surface area contributed by atoms with Gasteiger partial charge in [0.1, 0.15) is 11.9 Å². The average Bonchev–Trinajstić information content (AvgIpc) is 3.61. The van der Waals surface area contributed by atoms with Crippen LogP contribution in [0.15, 0.2) is 29.8 Å². The summed E-state index contributed by atoms with van der Waals surface area (Å²) >= 11 is 1.62. The Morgan fingerprint density at radius 2 is 1.92 bits per heavy atom. The Hall–Kier alpha value is -2.13. The molecule has 2 N–H and O–H groups in total. The van der Waals surface area contributed by atoms with Crippen molar-refractivity contribution >= 4 is 33.3 Å². The summed E-state index contributed by atoms with van der Waals surface area (Å²) in [6, 6.07) is 5.94. The molecular formula is C30H41NO6S. The molecule has 0 aliphatic carbocycles. The van der Waals surface area contributed by atoms with Crippen LogP contribution in [-0.2, 0) is 19.1 Å².